The maximum Gasteiger partial charge on any atom is 0.243 e. The molecule has 1 aromatic rings. The lowest BCUT2D eigenvalue weighted by molar-refractivity contribution is 0.162. The van der Waals surface area contributed by atoms with E-state index >= 15 is 0 Å². The number of halogens is 2. The summed E-state index contributed by atoms with van der Waals surface area (Å²) in [5, 5.41) is 9.30. The summed E-state index contributed by atoms with van der Waals surface area (Å²) in [5.41, 5.74) is 0. The molecule has 18 heavy (non-hydrogen) atoms. The van der Waals surface area contributed by atoms with Crippen molar-refractivity contribution in [3.8, 4) is 0 Å². The van der Waals surface area contributed by atoms with Crippen LogP contribution in [0.1, 0.15) is 19.8 Å². The predicted molar refractivity (Wildman–Crippen MR) is 70.2 cm³/mol. The van der Waals surface area contributed by atoms with Crippen molar-refractivity contribution >= 4 is 26.0 Å². The minimum atomic E-state index is -3.87. The molecule has 0 fully saturated rings. The topological polar surface area (TPSA) is 66.4 Å². The molecule has 1 aromatic carbocycles. The summed E-state index contributed by atoms with van der Waals surface area (Å²) in [7, 11) is -3.87. The SMILES string of the molecule is CCC(O)CCNS(=O)(=O)c1ccc(Br)cc1F. The van der Waals surface area contributed by atoms with Gasteiger partial charge in [0.15, 0.2) is 0 Å². The van der Waals surface area contributed by atoms with Gasteiger partial charge in [-0.25, -0.2) is 17.5 Å². The number of sulfonamides is 1. The molecule has 2 N–H and O–H groups in total. The Morgan fingerprint density at radius 1 is 1.50 bits per heavy atom. The highest BCUT2D eigenvalue weighted by Crippen LogP contribution is 2.19. The summed E-state index contributed by atoms with van der Waals surface area (Å²) >= 11 is 3.06. The lowest BCUT2D eigenvalue weighted by Crippen LogP contribution is -2.27. The van der Waals surface area contributed by atoms with Gasteiger partial charge in [-0.15, -0.1) is 0 Å². The molecule has 0 aromatic heterocycles. The Morgan fingerprint density at radius 2 is 2.17 bits per heavy atom. The molecule has 102 valence electrons. The Labute approximate surface area is 114 Å². The lowest BCUT2D eigenvalue weighted by atomic mass is 10.2. The first-order chi connectivity index (χ1) is 8.36. The van der Waals surface area contributed by atoms with Crippen molar-refractivity contribution < 1.29 is 17.9 Å². The molecule has 1 rings (SSSR count). The van der Waals surface area contributed by atoms with E-state index in [-0.39, 0.29) is 6.54 Å². The third-order valence-corrected chi connectivity index (χ3v) is 4.41. The van der Waals surface area contributed by atoms with Gasteiger partial charge in [0, 0.05) is 11.0 Å². The molecule has 0 aliphatic heterocycles. The van der Waals surface area contributed by atoms with Gasteiger partial charge in [-0.2, -0.15) is 0 Å². The van der Waals surface area contributed by atoms with Gasteiger partial charge in [-0.1, -0.05) is 22.9 Å². The van der Waals surface area contributed by atoms with Crippen LogP contribution < -0.4 is 4.72 Å². The van der Waals surface area contributed by atoms with Gasteiger partial charge in [-0.3, -0.25) is 0 Å². The van der Waals surface area contributed by atoms with Crippen molar-refractivity contribution in [3.63, 3.8) is 0 Å². The van der Waals surface area contributed by atoms with Gasteiger partial charge in [0.1, 0.15) is 10.7 Å². The van der Waals surface area contributed by atoms with Crippen molar-refractivity contribution in [1.82, 2.24) is 4.72 Å². The number of aliphatic hydroxyl groups is 1. The van der Waals surface area contributed by atoms with Crippen LogP contribution in [0.5, 0.6) is 0 Å². The largest absolute Gasteiger partial charge is 0.393 e. The fourth-order valence-corrected chi connectivity index (χ4v) is 2.77. The average molecular weight is 340 g/mol. The van der Waals surface area contributed by atoms with Crippen LogP contribution in [0.4, 0.5) is 4.39 Å². The van der Waals surface area contributed by atoms with Crippen molar-refractivity contribution in [2.75, 3.05) is 6.54 Å². The van der Waals surface area contributed by atoms with Gasteiger partial charge in [0.2, 0.25) is 10.0 Å². The van der Waals surface area contributed by atoms with E-state index in [1.165, 1.54) is 12.1 Å². The normalized spacial score (nSPS) is 13.6. The van der Waals surface area contributed by atoms with Crippen molar-refractivity contribution in [2.24, 2.45) is 0 Å². The van der Waals surface area contributed by atoms with E-state index in [2.05, 4.69) is 20.7 Å². The Hall–Kier alpha value is -0.500. The zero-order valence-electron chi connectivity index (χ0n) is 9.86. The molecule has 4 nitrogen and oxygen atoms in total. The van der Waals surface area contributed by atoms with Crippen LogP contribution in [-0.2, 0) is 10.0 Å². The van der Waals surface area contributed by atoms with Crippen LogP contribution in [0.2, 0.25) is 0 Å². The molecule has 0 heterocycles. The summed E-state index contributed by atoms with van der Waals surface area (Å²) in [6, 6.07) is 3.74. The highest BCUT2D eigenvalue weighted by atomic mass is 79.9. The van der Waals surface area contributed by atoms with E-state index in [0.29, 0.717) is 17.3 Å². The number of hydrogen-bond donors (Lipinski definition) is 2. The monoisotopic (exact) mass is 339 g/mol. The molecule has 0 amide bonds. The first-order valence-electron chi connectivity index (χ1n) is 5.49. The second-order valence-corrected chi connectivity index (χ2v) is 6.47. The van der Waals surface area contributed by atoms with Gasteiger partial charge in [0.25, 0.3) is 0 Å². The number of rotatable bonds is 6. The van der Waals surface area contributed by atoms with Gasteiger partial charge in [0.05, 0.1) is 6.10 Å². The Morgan fingerprint density at radius 3 is 2.72 bits per heavy atom. The quantitative estimate of drug-likeness (QED) is 0.833. The fraction of sp³-hybridized carbons (Fsp3) is 0.455. The van der Waals surface area contributed by atoms with Gasteiger partial charge in [-0.05, 0) is 31.0 Å². The summed E-state index contributed by atoms with van der Waals surface area (Å²) in [6.45, 7) is 1.88. The highest BCUT2D eigenvalue weighted by Gasteiger charge is 2.18. The molecule has 0 saturated heterocycles. The smallest absolute Gasteiger partial charge is 0.243 e. The predicted octanol–water partition coefficient (Wildman–Crippen LogP) is 2.03. The molecule has 0 aliphatic carbocycles. The van der Waals surface area contributed by atoms with Crippen LogP contribution in [0.3, 0.4) is 0 Å². The molecular weight excluding hydrogens is 325 g/mol. The molecule has 0 radical (unpaired) electrons. The Kier molecular flexibility index (Phi) is 5.71. The van der Waals surface area contributed by atoms with E-state index < -0.39 is 26.8 Å². The van der Waals surface area contributed by atoms with Crippen LogP contribution in [0, 0.1) is 5.82 Å². The Balaban J connectivity index is 2.74. The third kappa shape index (κ3) is 4.31. The molecule has 0 saturated carbocycles. The minimum Gasteiger partial charge on any atom is -0.393 e. The number of nitrogens with one attached hydrogen (secondary N) is 1. The van der Waals surface area contributed by atoms with E-state index in [4.69, 9.17) is 0 Å². The zero-order chi connectivity index (χ0) is 13.8. The number of hydrogen-bond acceptors (Lipinski definition) is 3. The zero-order valence-corrected chi connectivity index (χ0v) is 12.3. The van der Waals surface area contributed by atoms with Gasteiger partial charge >= 0.3 is 0 Å². The lowest BCUT2D eigenvalue weighted by Gasteiger charge is -2.10. The average Bonchev–Trinajstić information content (AvgIpc) is 2.27. The third-order valence-electron chi connectivity index (χ3n) is 2.42. The standard InChI is InChI=1S/C11H15BrFNO3S/c1-2-9(15)5-6-14-18(16,17)11-4-3-8(12)7-10(11)13/h3-4,7,9,14-15H,2,5-6H2,1H3. The first-order valence-corrected chi connectivity index (χ1v) is 7.77. The molecular formula is C11H15BrFNO3S. The van der Waals surface area contributed by atoms with Gasteiger partial charge < -0.3 is 5.11 Å². The van der Waals surface area contributed by atoms with E-state index in [9.17, 15) is 17.9 Å². The summed E-state index contributed by atoms with van der Waals surface area (Å²) < 4.78 is 39.8. The molecule has 0 aliphatic rings. The van der Waals surface area contributed by atoms with Crippen molar-refractivity contribution in [1.29, 1.82) is 0 Å². The fourth-order valence-electron chi connectivity index (χ4n) is 1.33. The molecule has 1 unspecified atom stereocenters. The van der Waals surface area contributed by atoms with Crippen molar-refractivity contribution in [3.05, 3.63) is 28.5 Å². The van der Waals surface area contributed by atoms with Crippen LogP contribution >= 0.6 is 15.9 Å². The second kappa shape index (κ2) is 6.60. The van der Waals surface area contributed by atoms with E-state index in [1.54, 1.807) is 6.92 Å². The Bertz CT molecular complexity index is 507. The van der Waals surface area contributed by atoms with Crippen LogP contribution in [0.25, 0.3) is 0 Å². The van der Waals surface area contributed by atoms with Crippen molar-refractivity contribution in [2.45, 2.75) is 30.8 Å². The molecule has 1 atom stereocenters. The highest BCUT2D eigenvalue weighted by molar-refractivity contribution is 9.10. The van der Waals surface area contributed by atoms with E-state index in [1.807, 2.05) is 0 Å². The number of aliphatic hydroxyl groups excluding tert-OH is 1. The minimum absolute atomic E-state index is 0.0762. The summed E-state index contributed by atoms with van der Waals surface area (Å²) in [4.78, 5) is -0.392. The van der Waals surface area contributed by atoms with E-state index in [0.717, 1.165) is 6.07 Å². The molecule has 0 bridgehead atoms. The maximum atomic E-state index is 13.5. The second-order valence-electron chi connectivity index (χ2n) is 3.82. The summed E-state index contributed by atoms with van der Waals surface area (Å²) in [6.07, 6.45) is 0.296. The first kappa shape index (κ1) is 15.6. The molecule has 7 heteroatoms. The van der Waals surface area contributed by atoms with Crippen LogP contribution in [-0.4, -0.2) is 26.2 Å². The summed E-state index contributed by atoms with van der Waals surface area (Å²) in [5.74, 6) is -0.812. The van der Waals surface area contributed by atoms with Crippen LogP contribution in [0.15, 0.2) is 27.6 Å². The maximum absolute atomic E-state index is 13.5. The molecule has 0 spiro atoms. The number of benzene rings is 1.